The van der Waals surface area contributed by atoms with E-state index < -0.39 is 0 Å². The summed E-state index contributed by atoms with van der Waals surface area (Å²) in [5.74, 6) is 1.04. The number of carbonyl (C=O) groups is 1. The Bertz CT molecular complexity index is 1330. The number of anilines is 1. The third kappa shape index (κ3) is 3.45. The molecule has 0 unspecified atom stereocenters. The monoisotopic (exact) mass is 398 g/mol. The van der Waals surface area contributed by atoms with Crippen molar-refractivity contribution in [3.63, 3.8) is 0 Å². The Kier molecular flexibility index (Phi) is 4.75. The van der Waals surface area contributed by atoms with Crippen molar-refractivity contribution in [3.8, 4) is 0 Å². The van der Waals surface area contributed by atoms with E-state index in [1.807, 2.05) is 30.3 Å². The molecule has 1 aliphatic heterocycles. The molecule has 4 aromatic rings. The van der Waals surface area contributed by atoms with Gasteiger partial charge in [0.1, 0.15) is 11.6 Å². The first-order valence-electron chi connectivity index (χ1n) is 10.4. The molecule has 1 aliphatic rings. The number of hydrogen-bond donors (Lipinski definition) is 1. The van der Waals surface area contributed by atoms with E-state index in [9.17, 15) is 9.59 Å². The van der Waals surface area contributed by atoms with Crippen LogP contribution in [0.4, 0.5) is 5.82 Å². The van der Waals surface area contributed by atoms with Crippen LogP contribution in [0.3, 0.4) is 0 Å². The summed E-state index contributed by atoms with van der Waals surface area (Å²) in [6.45, 7) is 0.715. The smallest absolute Gasteiger partial charge is 0.261 e. The SMILES string of the molecule is O=C(Nc1ccc2ccccc2n1)c1ccc2c(=O)n3c(nc2c1)CCCCCC3. The van der Waals surface area contributed by atoms with Crippen LogP contribution in [0.2, 0.25) is 0 Å². The Morgan fingerprint density at radius 2 is 1.77 bits per heavy atom. The van der Waals surface area contributed by atoms with E-state index in [0.717, 1.165) is 48.8 Å². The molecule has 0 spiro atoms. The average molecular weight is 398 g/mol. The van der Waals surface area contributed by atoms with Crippen LogP contribution in [0.15, 0.2) is 59.4 Å². The Balaban J connectivity index is 1.48. The number of nitrogens with zero attached hydrogens (tertiary/aromatic N) is 3. The molecular formula is C24H22N4O2. The second-order valence-corrected chi connectivity index (χ2v) is 7.72. The molecule has 3 heterocycles. The van der Waals surface area contributed by atoms with Gasteiger partial charge in [-0.2, -0.15) is 0 Å². The standard InChI is InChI=1S/C24H22N4O2/c29-23(27-21-13-11-16-7-4-5-8-19(16)25-21)17-10-12-18-20(15-17)26-22-9-3-1-2-6-14-28(22)24(18)30/h4-5,7-8,10-13,15H,1-3,6,9,14H2,(H,25,27,29). The molecule has 2 aromatic heterocycles. The number of hydrogen-bond acceptors (Lipinski definition) is 4. The quantitative estimate of drug-likeness (QED) is 0.546. The number of aromatic nitrogens is 3. The topological polar surface area (TPSA) is 76.9 Å². The highest BCUT2D eigenvalue weighted by atomic mass is 16.1. The summed E-state index contributed by atoms with van der Waals surface area (Å²) in [6.07, 6.45) is 5.13. The maximum atomic E-state index is 12.9. The third-order valence-corrected chi connectivity index (χ3v) is 5.67. The normalized spacial score (nSPS) is 14.1. The number of amides is 1. The zero-order chi connectivity index (χ0) is 20.5. The number of para-hydroxylation sites is 1. The van der Waals surface area contributed by atoms with E-state index in [1.165, 1.54) is 0 Å². The van der Waals surface area contributed by atoms with Crippen molar-refractivity contribution in [2.45, 2.75) is 38.6 Å². The predicted molar refractivity (Wildman–Crippen MR) is 118 cm³/mol. The van der Waals surface area contributed by atoms with Crippen molar-refractivity contribution in [2.24, 2.45) is 0 Å². The fraction of sp³-hybridized carbons (Fsp3) is 0.250. The molecule has 5 rings (SSSR count). The molecule has 0 fully saturated rings. The summed E-state index contributed by atoms with van der Waals surface area (Å²) in [5, 5.41) is 4.42. The van der Waals surface area contributed by atoms with Gasteiger partial charge in [-0.15, -0.1) is 0 Å². The van der Waals surface area contributed by atoms with Crippen LogP contribution in [-0.4, -0.2) is 20.4 Å². The van der Waals surface area contributed by atoms with E-state index in [0.29, 0.717) is 28.8 Å². The lowest BCUT2D eigenvalue weighted by Crippen LogP contribution is -2.26. The van der Waals surface area contributed by atoms with Gasteiger partial charge in [-0.25, -0.2) is 9.97 Å². The van der Waals surface area contributed by atoms with Crippen LogP contribution in [0.1, 0.15) is 41.9 Å². The lowest BCUT2D eigenvalue weighted by atomic mass is 10.1. The fourth-order valence-corrected chi connectivity index (χ4v) is 4.06. The molecular weight excluding hydrogens is 376 g/mol. The van der Waals surface area contributed by atoms with Gasteiger partial charge in [0.25, 0.3) is 11.5 Å². The summed E-state index contributed by atoms with van der Waals surface area (Å²) in [5.41, 5.74) is 1.84. The van der Waals surface area contributed by atoms with Crippen LogP contribution in [0, 0.1) is 0 Å². The number of nitrogens with one attached hydrogen (secondary N) is 1. The van der Waals surface area contributed by atoms with Crippen molar-refractivity contribution < 1.29 is 4.79 Å². The van der Waals surface area contributed by atoms with Gasteiger partial charge in [0, 0.05) is 23.9 Å². The van der Waals surface area contributed by atoms with E-state index in [-0.39, 0.29) is 11.5 Å². The zero-order valence-electron chi connectivity index (χ0n) is 16.6. The first-order valence-corrected chi connectivity index (χ1v) is 10.4. The van der Waals surface area contributed by atoms with Crippen molar-refractivity contribution in [1.82, 2.24) is 14.5 Å². The molecule has 1 N–H and O–H groups in total. The van der Waals surface area contributed by atoms with Gasteiger partial charge in [-0.3, -0.25) is 14.2 Å². The summed E-state index contributed by atoms with van der Waals surface area (Å²) in [7, 11) is 0. The molecule has 0 aliphatic carbocycles. The zero-order valence-corrected chi connectivity index (χ0v) is 16.6. The molecule has 6 nitrogen and oxygen atoms in total. The molecule has 1 amide bonds. The second kappa shape index (κ2) is 7.71. The van der Waals surface area contributed by atoms with Gasteiger partial charge in [0.2, 0.25) is 0 Å². The van der Waals surface area contributed by atoms with Crippen molar-refractivity contribution in [1.29, 1.82) is 0 Å². The lowest BCUT2D eigenvalue weighted by molar-refractivity contribution is 0.102. The van der Waals surface area contributed by atoms with E-state index in [4.69, 9.17) is 4.98 Å². The summed E-state index contributed by atoms with van der Waals surface area (Å²) in [6, 6.07) is 16.6. The first kappa shape index (κ1) is 18.5. The van der Waals surface area contributed by atoms with Gasteiger partial charge < -0.3 is 5.32 Å². The minimum absolute atomic E-state index is 0.0138. The maximum absolute atomic E-state index is 12.9. The minimum atomic E-state index is -0.270. The predicted octanol–water partition coefficient (Wildman–Crippen LogP) is 4.31. The van der Waals surface area contributed by atoms with E-state index in [1.54, 1.807) is 28.8 Å². The molecule has 0 saturated heterocycles. The van der Waals surface area contributed by atoms with Crippen LogP contribution < -0.4 is 10.9 Å². The Hall–Kier alpha value is -3.54. The van der Waals surface area contributed by atoms with Crippen LogP contribution >= 0.6 is 0 Å². The molecule has 2 aromatic carbocycles. The molecule has 0 saturated carbocycles. The lowest BCUT2D eigenvalue weighted by Gasteiger charge is -2.16. The molecule has 30 heavy (non-hydrogen) atoms. The molecule has 0 bridgehead atoms. The number of pyridine rings is 1. The second-order valence-electron chi connectivity index (χ2n) is 7.72. The number of carbonyl (C=O) groups excluding carboxylic acids is 1. The van der Waals surface area contributed by atoms with E-state index >= 15 is 0 Å². The number of benzene rings is 2. The van der Waals surface area contributed by atoms with E-state index in [2.05, 4.69) is 10.3 Å². The van der Waals surface area contributed by atoms with Crippen LogP contribution in [-0.2, 0) is 13.0 Å². The molecule has 6 heteroatoms. The third-order valence-electron chi connectivity index (χ3n) is 5.67. The van der Waals surface area contributed by atoms with Crippen molar-refractivity contribution >= 4 is 33.5 Å². The van der Waals surface area contributed by atoms with Crippen LogP contribution in [0.5, 0.6) is 0 Å². The summed E-state index contributed by atoms with van der Waals surface area (Å²) >= 11 is 0. The number of aryl methyl sites for hydroxylation is 1. The highest BCUT2D eigenvalue weighted by molar-refractivity contribution is 6.06. The Morgan fingerprint density at radius 3 is 2.70 bits per heavy atom. The highest BCUT2D eigenvalue weighted by Gasteiger charge is 2.15. The summed E-state index contributed by atoms with van der Waals surface area (Å²) < 4.78 is 1.81. The highest BCUT2D eigenvalue weighted by Crippen LogP contribution is 2.18. The minimum Gasteiger partial charge on any atom is -0.307 e. The van der Waals surface area contributed by atoms with Gasteiger partial charge in [-0.05, 0) is 49.2 Å². The number of rotatable bonds is 2. The largest absolute Gasteiger partial charge is 0.307 e. The summed E-state index contributed by atoms with van der Waals surface area (Å²) in [4.78, 5) is 35.0. The van der Waals surface area contributed by atoms with Gasteiger partial charge in [0.05, 0.1) is 16.4 Å². The van der Waals surface area contributed by atoms with Gasteiger partial charge in [-0.1, -0.05) is 31.0 Å². The first-order chi connectivity index (χ1) is 14.7. The van der Waals surface area contributed by atoms with Crippen LogP contribution in [0.25, 0.3) is 21.8 Å². The van der Waals surface area contributed by atoms with Crippen molar-refractivity contribution in [3.05, 3.63) is 76.3 Å². The van der Waals surface area contributed by atoms with Gasteiger partial charge >= 0.3 is 0 Å². The average Bonchev–Trinajstić information content (AvgIpc) is 2.74. The number of fused-ring (bicyclic) bond motifs is 3. The van der Waals surface area contributed by atoms with Gasteiger partial charge in [0.15, 0.2) is 0 Å². The molecule has 150 valence electrons. The Labute approximate surface area is 173 Å². The molecule has 0 radical (unpaired) electrons. The Morgan fingerprint density at radius 1 is 0.900 bits per heavy atom. The maximum Gasteiger partial charge on any atom is 0.261 e. The fourth-order valence-electron chi connectivity index (χ4n) is 4.06. The molecule has 0 atom stereocenters. The van der Waals surface area contributed by atoms with Crippen molar-refractivity contribution in [2.75, 3.05) is 5.32 Å².